The number of hydrogen-bond acceptors (Lipinski definition) is 3. The van der Waals surface area contributed by atoms with Crippen molar-refractivity contribution in [3.8, 4) is 0 Å². The van der Waals surface area contributed by atoms with Gasteiger partial charge in [-0.2, -0.15) is 0 Å². The number of carbonyl (C=O) groups excluding carboxylic acids is 1. The summed E-state index contributed by atoms with van der Waals surface area (Å²) in [7, 11) is 0. The van der Waals surface area contributed by atoms with Crippen LogP contribution >= 0.6 is 0 Å². The molecule has 0 aromatic carbocycles. The van der Waals surface area contributed by atoms with E-state index in [2.05, 4.69) is 20.4 Å². The largest absolute Gasteiger partial charge is 0.462 e. The number of hydrogen-bond donors (Lipinski definition) is 1. The molecule has 3 aliphatic carbocycles. The summed E-state index contributed by atoms with van der Waals surface area (Å²) in [5.41, 5.74) is 0.968. The summed E-state index contributed by atoms with van der Waals surface area (Å²) in [5.74, 6) is 1.22. The van der Waals surface area contributed by atoms with Gasteiger partial charge in [0.15, 0.2) is 0 Å². The predicted molar refractivity (Wildman–Crippen MR) is 74.8 cm³/mol. The van der Waals surface area contributed by atoms with Crippen LogP contribution in [0.4, 0.5) is 0 Å². The summed E-state index contributed by atoms with van der Waals surface area (Å²) in [6.07, 6.45) is 4.50. The van der Waals surface area contributed by atoms with E-state index >= 15 is 0 Å². The van der Waals surface area contributed by atoms with Crippen molar-refractivity contribution in [2.24, 2.45) is 28.6 Å². The van der Waals surface area contributed by atoms with E-state index < -0.39 is 0 Å². The highest BCUT2D eigenvalue weighted by Gasteiger charge is 2.71. The zero-order chi connectivity index (χ0) is 14.3. The van der Waals surface area contributed by atoms with Gasteiger partial charge in [-0.05, 0) is 54.9 Å². The van der Waals surface area contributed by atoms with Crippen LogP contribution < -0.4 is 0 Å². The summed E-state index contributed by atoms with van der Waals surface area (Å²) in [6, 6.07) is 0. The van der Waals surface area contributed by atoms with Gasteiger partial charge in [0.05, 0.1) is 11.5 Å². The number of aliphatic hydroxyl groups excluding tert-OH is 1. The Morgan fingerprint density at radius 3 is 2.75 bits per heavy atom. The van der Waals surface area contributed by atoms with Gasteiger partial charge in [-0.15, -0.1) is 0 Å². The average Bonchev–Trinajstić information content (AvgIpc) is 2.99. The highest BCUT2D eigenvalue weighted by atomic mass is 16.6. The van der Waals surface area contributed by atoms with Crippen molar-refractivity contribution >= 4 is 5.97 Å². The summed E-state index contributed by atoms with van der Waals surface area (Å²) >= 11 is 0. The van der Waals surface area contributed by atoms with Crippen LogP contribution in [-0.2, 0) is 9.53 Å². The van der Waals surface area contributed by atoms with E-state index in [1.807, 2.05) is 0 Å². The molecule has 4 fully saturated rings. The molecule has 1 aliphatic heterocycles. The number of carbonyl (C=O) groups is 1. The Labute approximate surface area is 120 Å². The van der Waals surface area contributed by atoms with Crippen molar-refractivity contribution in [1.82, 2.24) is 0 Å². The van der Waals surface area contributed by atoms with Crippen LogP contribution in [-0.4, -0.2) is 23.3 Å². The molecule has 4 aliphatic rings. The SMILES string of the molecule is C=C1[C@H](O)CC[C@]2(C)C[C@H]3OC(=O)C4(CC4C)[C@H]3C[C@@H]12. The lowest BCUT2D eigenvalue weighted by molar-refractivity contribution is -0.147. The molecule has 0 amide bonds. The van der Waals surface area contributed by atoms with Gasteiger partial charge in [0.1, 0.15) is 6.10 Å². The number of aliphatic hydroxyl groups is 1. The van der Waals surface area contributed by atoms with Crippen molar-refractivity contribution in [2.45, 2.75) is 58.2 Å². The Morgan fingerprint density at radius 1 is 1.40 bits per heavy atom. The van der Waals surface area contributed by atoms with Crippen LogP contribution in [0.2, 0.25) is 0 Å². The molecule has 0 aromatic rings. The standard InChI is InChI=1S/C17H24O3/c1-9-7-17(9)12-6-11-10(2)13(18)4-5-16(11,3)8-14(12)20-15(17)19/h9,11-14,18H,2,4-8H2,1,3H3/t9?,11-,12-,13+,14+,16+,17?/m0/s1. The third-order valence-corrected chi connectivity index (χ3v) is 6.97. The maximum atomic E-state index is 12.3. The van der Waals surface area contributed by atoms with E-state index in [9.17, 15) is 9.90 Å². The van der Waals surface area contributed by atoms with Gasteiger partial charge in [0.25, 0.3) is 0 Å². The van der Waals surface area contributed by atoms with Gasteiger partial charge >= 0.3 is 5.97 Å². The zero-order valence-corrected chi connectivity index (χ0v) is 12.4. The van der Waals surface area contributed by atoms with Crippen molar-refractivity contribution in [3.63, 3.8) is 0 Å². The van der Waals surface area contributed by atoms with Crippen molar-refractivity contribution in [2.75, 3.05) is 0 Å². The van der Waals surface area contributed by atoms with Gasteiger partial charge < -0.3 is 9.84 Å². The first-order chi connectivity index (χ1) is 9.38. The first-order valence-corrected chi connectivity index (χ1v) is 7.96. The molecule has 20 heavy (non-hydrogen) atoms. The van der Waals surface area contributed by atoms with Gasteiger partial charge in [0, 0.05) is 5.92 Å². The first-order valence-electron chi connectivity index (χ1n) is 7.96. The molecule has 1 N–H and O–H groups in total. The number of fused-ring (bicyclic) bond motifs is 3. The summed E-state index contributed by atoms with van der Waals surface area (Å²) < 4.78 is 5.76. The Kier molecular flexibility index (Phi) is 2.37. The molecule has 4 rings (SSSR count). The van der Waals surface area contributed by atoms with E-state index in [0.717, 1.165) is 37.7 Å². The Morgan fingerprint density at radius 2 is 2.10 bits per heavy atom. The topological polar surface area (TPSA) is 46.5 Å². The molecule has 0 aromatic heterocycles. The molecule has 1 spiro atoms. The van der Waals surface area contributed by atoms with Gasteiger partial charge in [-0.3, -0.25) is 4.79 Å². The molecule has 7 atom stereocenters. The minimum atomic E-state index is -0.352. The van der Waals surface area contributed by atoms with E-state index in [4.69, 9.17) is 4.74 Å². The van der Waals surface area contributed by atoms with Crippen molar-refractivity contribution < 1.29 is 14.6 Å². The van der Waals surface area contributed by atoms with Crippen molar-refractivity contribution in [3.05, 3.63) is 12.2 Å². The number of esters is 1. The Balaban J connectivity index is 1.68. The molecule has 1 heterocycles. The second-order valence-corrected chi connectivity index (χ2v) is 7.97. The van der Waals surface area contributed by atoms with Crippen molar-refractivity contribution in [1.29, 1.82) is 0 Å². The Hall–Kier alpha value is -0.830. The highest BCUT2D eigenvalue weighted by Crippen LogP contribution is 2.69. The quantitative estimate of drug-likeness (QED) is 0.546. The summed E-state index contributed by atoms with van der Waals surface area (Å²) in [4.78, 5) is 12.3. The lowest BCUT2D eigenvalue weighted by Crippen LogP contribution is -2.47. The minimum absolute atomic E-state index is 0.0495. The van der Waals surface area contributed by atoms with Gasteiger partial charge in [0.2, 0.25) is 0 Å². The molecular formula is C17H24O3. The molecule has 3 saturated carbocycles. The molecule has 1 saturated heterocycles. The third kappa shape index (κ3) is 1.37. The third-order valence-electron chi connectivity index (χ3n) is 6.97. The lowest BCUT2D eigenvalue weighted by atomic mass is 9.54. The van der Waals surface area contributed by atoms with Crippen LogP contribution in [0.25, 0.3) is 0 Å². The second kappa shape index (κ2) is 3.68. The predicted octanol–water partition coefficient (Wildman–Crippen LogP) is 2.68. The maximum Gasteiger partial charge on any atom is 0.313 e. The monoisotopic (exact) mass is 276 g/mol. The van der Waals surface area contributed by atoms with E-state index in [1.165, 1.54) is 0 Å². The Bertz CT molecular complexity index is 498. The van der Waals surface area contributed by atoms with Crippen LogP contribution in [0.5, 0.6) is 0 Å². The second-order valence-electron chi connectivity index (χ2n) is 7.97. The molecular weight excluding hydrogens is 252 g/mol. The number of ether oxygens (including phenoxy) is 1. The smallest absolute Gasteiger partial charge is 0.313 e. The fourth-order valence-corrected chi connectivity index (χ4v) is 5.51. The lowest BCUT2D eigenvalue weighted by Gasteiger charge is -2.51. The maximum absolute atomic E-state index is 12.3. The molecule has 2 unspecified atom stereocenters. The van der Waals surface area contributed by atoms with Gasteiger partial charge in [-0.25, -0.2) is 0 Å². The van der Waals surface area contributed by atoms with E-state index in [1.54, 1.807) is 0 Å². The van der Waals surface area contributed by atoms with Crippen LogP contribution in [0.15, 0.2) is 12.2 Å². The first kappa shape index (κ1) is 12.9. The summed E-state index contributed by atoms with van der Waals surface area (Å²) in [6.45, 7) is 8.63. The normalized spacial score (nSPS) is 57.2. The minimum Gasteiger partial charge on any atom is -0.462 e. The molecule has 110 valence electrons. The molecule has 0 bridgehead atoms. The molecule has 0 radical (unpaired) electrons. The summed E-state index contributed by atoms with van der Waals surface area (Å²) in [5, 5.41) is 10.1. The fraction of sp³-hybridized carbons (Fsp3) is 0.824. The van der Waals surface area contributed by atoms with E-state index in [0.29, 0.717) is 17.8 Å². The molecule has 3 heteroatoms. The average molecular weight is 276 g/mol. The van der Waals surface area contributed by atoms with Crippen LogP contribution in [0.3, 0.4) is 0 Å². The molecule has 3 nitrogen and oxygen atoms in total. The number of rotatable bonds is 0. The van der Waals surface area contributed by atoms with Crippen LogP contribution in [0, 0.1) is 28.6 Å². The highest BCUT2D eigenvalue weighted by molar-refractivity contribution is 5.83. The van der Waals surface area contributed by atoms with Gasteiger partial charge in [-0.1, -0.05) is 20.4 Å². The van der Waals surface area contributed by atoms with E-state index in [-0.39, 0.29) is 29.0 Å². The zero-order valence-electron chi connectivity index (χ0n) is 12.4. The van der Waals surface area contributed by atoms with Crippen LogP contribution in [0.1, 0.15) is 46.0 Å². The fourth-order valence-electron chi connectivity index (χ4n) is 5.51.